The molecule has 114 valence electrons. The van der Waals surface area contributed by atoms with E-state index in [-0.39, 0.29) is 6.04 Å². The fourth-order valence-electron chi connectivity index (χ4n) is 2.25. The summed E-state index contributed by atoms with van der Waals surface area (Å²) in [6.45, 7) is 5.76. The largest absolute Gasteiger partial charge is 0.385 e. The molecule has 0 bridgehead atoms. The van der Waals surface area contributed by atoms with Gasteiger partial charge in [-0.1, -0.05) is 26.0 Å². The number of halogens is 2. The lowest BCUT2D eigenvalue weighted by Crippen LogP contribution is -2.38. The number of methoxy groups -OCH3 is 1. The molecule has 0 saturated heterocycles. The van der Waals surface area contributed by atoms with Crippen LogP contribution < -0.4 is 5.32 Å². The summed E-state index contributed by atoms with van der Waals surface area (Å²) < 4.78 is 32.1. The third-order valence-corrected chi connectivity index (χ3v) is 3.59. The van der Waals surface area contributed by atoms with E-state index in [1.807, 2.05) is 0 Å². The second kappa shape index (κ2) is 9.03. The van der Waals surface area contributed by atoms with Crippen LogP contribution in [0.1, 0.15) is 32.3 Å². The lowest BCUT2D eigenvalue weighted by atomic mass is 9.92. The van der Waals surface area contributed by atoms with E-state index in [0.29, 0.717) is 24.5 Å². The molecule has 0 spiro atoms. The number of rotatable bonds is 9. The second-order valence-corrected chi connectivity index (χ2v) is 5.24. The Balaban J connectivity index is 2.74. The first-order valence-corrected chi connectivity index (χ1v) is 7.25. The molecule has 0 aliphatic heterocycles. The Bertz CT molecular complexity index is 398. The van der Waals surface area contributed by atoms with Gasteiger partial charge in [-0.05, 0) is 43.4 Å². The van der Waals surface area contributed by atoms with Crippen LogP contribution >= 0.6 is 0 Å². The minimum atomic E-state index is -0.777. The van der Waals surface area contributed by atoms with Gasteiger partial charge < -0.3 is 10.1 Å². The molecule has 2 unspecified atom stereocenters. The maximum Gasteiger partial charge on any atom is 0.162 e. The van der Waals surface area contributed by atoms with Crippen LogP contribution in [0.3, 0.4) is 0 Å². The van der Waals surface area contributed by atoms with E-state index >= 15 is 0 Å². The third kappa shape index (κ3) is 5.17. The molecule has 4 heteroatoms. The van der Waals surface area contributed by atoms with E-state index in [1.165, 1.54) is 0 Å². The topological polar surface area (TPSA) is 21.3 Å². The van der Waals surface area contributed by atoms with Crippen molar-refractivity contribution in [2.75, 3.05) is 20.3 Å². The zero-order valence-corrected chi connectivity index (χ0v) is 12.6. The molecule has 0 heterocycles. The lowest BCUT2D eigenvalue weighted by molar-refractivity contribution is 0.169. The van der Waals surface area contributed by atoms with Gasteiger partial charge in [-0.2, -0.15) is 0 Å². The van der Waals surface area contributed by atoms with Crippen molar-refractivity contribution >= 4 is 0 Å². The lowest BCUT2D eigenvalue weighted by Gasteiger charge is -2.25. The van der Waals surface area contributed by atoms with Gasteiger partial charge in [0.1, 0.15) is 0 Å². The van der Waals surface area contributed by atoms with Crippen LogP contribution in [0.5, 0.6) is 0 Å². The van der Waals surface area contributed by atoms with E-state index in [1.54, 1.807) is 19.2 Å². The highest BCUT2D eigenvalue weighted by Gasteiger charge is 2.19. The highest BCUT2D eigenvalue weighted by atomic mass is 19.2. The minimum absolute atomic E-state index is 0.126. The first-order valence-electron chi connectivity index (χ1n) is 7.25. The fraction of sp³-hybridized carbons (Fsp3) is 0.625. The van der Waals surface area contributed by atoms with Crippen LogP contribution in [-0.2, 0) is 11.2 Å². The summed E-state index contributed by atoms with van der Waals surface area (Å²) in [5.41, 5.74) is 0.433. The Morgan fingerprint density at radius 2 is 2.05 bits per heavy atom. The zero-order valence-electron chi connectivity index (χ0n) is 12.6. The van der Waals surface area contributed by atoms with Crippen LogP contribution in [0.2, 0.25) is 0 Å². The Labute approximate surface area is 120 Å². The Hall–Kier alpha value is -1.00. The highest BCUT2D eigenvalue weighted by molar-refractivity contribution is 5.20. The van der Waals surface area contributed by atoms with Crippen molar-refractivity contribution in [1.82, 2.24) is 5.32 Å². The van der Waals surface area contributed by atoms with Gasteiger partial charge in [-0.15, -0.1) is 0 Å². The monoisotopic (exact) mass is 285 g/mol. The van der Waals surface area contributed by atoms with Gasteiger partial charge in [0, 0.05) is 19.8 Å². The molecule has 0 fully saturated rings. The zero-order chi connectivity index (χ0) is 15.0. The predicted molar refractivity (Wildman–Crippen MR) is 77.8 cm³/mol. The first kappa shape index (κ1) is 17.1. The minimum Gasteiger partial charge on any atom is -0.385 e. The number of nitrogens with one attached hydrogen (secondary N) is 1. The molecule has 1 N–H and O–H groups in total. The van der Waals surface area contributed by atoms with E-state index in [2.05, 4.69) is 19.2 Å². The average Bonchev–Trinajstić information content (AvgIpc) is 2.45. The number of hydrogen-bond donors (Lipinski definition) is 1. The molecule has 0 aromatic heterocycles. The van der Waals surface area contributed by atoms with Crippen molar-refractivity contribution < 1.29 is 13.5 Å². The van der Waals surface area contributed by atoms with E-state index in [0.717, 1.165) is 25.5 Å². The smallest absolute Gasteiger partial charge is 0.162 e. The van der Waals surface area contributed by atoms with E-state index < -0.39 is 11.6 Å². The molecule has 1 aromatic rings. The van der Waals surface area contributed by atoms with Gasteiger partial charge in [-0.25, -0.2) is 8.78 Å². The van der Waals surface area contributed by atoms with Crippen molar-refractivity contribution in [2.24, 2.45) is 5.92 Å². The van der Waals surface area contributed by atoms with E-state index in [4.69, 9.17) is 4.74 Å². The maximum atomic E-state index is 13.8. The summed E-state index contributed by atoms with van der Waals surface area (Å²) in [6, 6.07) is 4.50. The number of ether oxygens (including phenoxy) is 1. The van der Waals surface area contributed by atoms with Crippen LogP contribution in [-0.4, -0.2) is 26.3 Å². The molecule has 0 amide bonds. The summed E-state index contributed by atoms with van der Waals surface area (Å²) in [5.74, 6) is -1.17. The first-order chi connectivity index (χ1) is 9.60. The third-order valence-electron chi connectivity index (χ3n) is 3.59. The van der Waals surface area contributed by atoms with Gasteiger partial charge in [0.15, 0.2) is 11.6 Å². The van der Waals surface area contributed by atoms with Gasteiger partial charge >= 0.3 is 0 Å². The summed E-state index contributed by atoms with van der Waals surface area (Å²) in [4.78, 5) is 0. The van der Waals surface area contributed by atoms with Crippen molar-refractivity contribution in [2.45, 2.75) is 39.2 Å². The Kier molecular flexibility index (Phi) is 7.70. The second-order valence-electron chi connectivity index (χ2n) is 5.24. The standard InChI is InChI=1S/C16H25F2NO/c1-4-9-19-15(12(2)8-10-20-3)11-13-6-5-7-14(17)16(13)18/h5-7,12,15,19H,4,8-11H2,1-3H3. The fourth-order valence-corrected chi connectivity index (χ4v) is 2.25. The van der Waals surface area contributed by atoms with Crippen molar-refractivity contribution in [1.29, 1.82) is 0 Å². The molecule has 0 aliphatic carbocycles. The maximum absolute atomic E-state index is 13.8. The van der Waals surface area contributed by atoms with Crippen molar-refractivity contribution in [3.8, 4) is 0 Å². The highest BCUT2D eigenvalue weighted by Crippen LogP contribution is 2.18. The van der Waals surface area contributed by atoms with Gasteiger partial charge in [-0.3, -0.25) is 0 Å². The summed E-state index contributed by atoms with van der Waals surface area (Å²) in [6.07, 6.45) is 2.41. The molecular weight excluding hydrogens is 260 g/mol. The molecule has 2 atom stereocenters. The van der Waals surface area contributed by atoms with Gasteiger partial charge in [0.2, 0.25) is 0 Å². The van der Waals surface area contributed by atoms with E-state index in [9.17, 15) is 8.78 Å². The number of benzene rings is 1. The van der Waals surface area contributed by atoms with Crippen LogP contribution in [0, 0.1) is 17.6 Å². The van der Waals surface area contributed by atoms with Gasteiger partial charge in [0.05, 0.1) is 0 Å². The number of hydrogen-bond acceptors (Lipinski definition) is 2. The normalized spacial score (nSPS) is 14.2. The summed E-state index contributed by atoms with van der Waals surface area (Å²) in [5, 5.41) is 3.43. The molecular formula is C16H25F2NO. The predicted octanol–water partition coefficient (Wildman–Crippen LogP) is 3.55. The Morgan fingerprint density at radius 1 is 1.30 bits per heavy atom. The molecule has 1 rings (SSSR count). The van der Waals surface area contributed by atoms with Crippen LogP contribution in [0.25, 0.3) is 0 Å². The molecule has 0 radical (unpaired) electrons. The molecule has 0 saturated carbocycles. The average molecular weight is 285 g/mol. The van der Waals surface area contributed by atoms with Crippen LogP contribution in [0.15, 0.2) is 18.2 Å². The summed E-state index contributed by atoms with van der Waals surface area (Å²) in [7, 11) is 1.67. The molecule has 1 aromatic carbocycles. The van der Waals surface area contributed by atoms with Crippen molar-refractivity contribution in [3.63, 3.8) is 0 Å². The van der Waals surface area contributed by atoms with Crippen molar-refractivity contribution in [3.05, 3.63) is 35.4 Å². The van der Waals surface area contributed by atoms with Gasteiger partial charge in [0.25, 0.3) is 0 Å². The molecule has 2 nitrogen and oxygen atoms in total. The molecule has 20 heavy (non-hydrogen) atoms. The molecule has 0 aliphatic rings. The Morgan fingerprint density at radius 3 is 2.70 bits per heavy atom. The summed E-state index contributed by atoms with van der Waals surface area (Å²) >= 11 is 0. The van der Waals surface area contributed by atoms with Crippen LogP contribution in [0.4, 0.5) is 8.78 Å². The SMILES string of the molecule is CCCNC(Cc1cccc(F)c1F)C(C)CCOC. The quantitative estimate of drug-likeness (QED) is 0.749.